The van der Waals surface area contributed by atoms with E-state index in [-0.39, 0.29) is 28.4 Å². The third kappa shape index (κ3) is 4.56. The Morgan fingerprint density at radius 3 is 2.75 bits per heavy atom. The molecule has 1 fully saturated rings. The molecule has 0 saturated carbocycles. The molecule has 1 aromatic rings. The normalized spacial score (nSPS) is 19.4. The number of nitrogens with one attached hydrogen (secondary N) is 2. The molecular formula is C12H17Cl2FN2O2S. The highest BCUT2D eigenvalue weighted by molar-refractivity contribution is 7.89. The van der Waals surface area contributed by atoms with Gasteiger partial charge in [0.15, 0.2) is 0 Å². The van der Waals surface area contributed by atoms with Gasteiger partial charge in [-0.3, -0.25) is 0 Å². The molecule has 8 heteroatoms. The van der Waals surface area contributed by atoms with Gasteiger partial charge in [0.1, 0.15) is 10.7 Å². The zero-order valence-electron chi connectivity index (χ0n) is 10.7. The molecule has 0 spiro atoms. The molecule has 20 heavy (non-hydrogen) atoms. The number of benzene rings is 1. The molecular weight excluding hydrogens is 326 g/mol. The Bertz CT molecular complexity index is 548. The number of piperidine rings is 1. The van der Waals surface area contributed by atoms with Crippen molar-refractivity contribution in [3.05, 3.63) is 29.0 Å². The minimum Gasteiger partial charge on any atom is -0.313 e. The number of hydrogen-bond acceptors (Lipinski definition) is 3. The Morgan fingerprint density at radius 1 is 1.40 bits per heavy atom. The van der Waals surface area contributed by atoms with Gasteiger partial charge in [-0.2, -0.15) is 0 Å². The van der Waals surface area contributed by atoms with Gasteiger partial charge in [0.05, 0.1) is 5.02 Å². The van der Waals surface area contributed by atoms with Crippen molar-refractivity contribution in [3.63, 3.8) is 0 Å². The van der Waals surface area contributed by atoms with E-state index >= 15 is 0 Å². The zero-order valence-corrected chi connectivity index (χ0v) is 13.1. The zero-order chi connectivity index (χ0) is 13.9. The Kier molecular flexibility index (Phi) is 6.68. The molecule has 1 aliphatic heterocycles. The summed E-state index contributed by atoms with van der Waals surface area (Å²) in [4.78, 5) is -0.0913. The molecule has 0 amide bonds. The van der Waals surface area contributed by atoms with E-state index in [0.717, 1.165) is 37.9 Å². The summed E-state index contributed by atoms with van der Waals surface area (Å²) in [5.74, 6) is -0.558. The maximum absolute atomic E-state index is 12.9. The van der Waals surface area contributed by atoms with E-state index in [9.17, 15) is 12.8 Å². The van der Waals surface area contributed by atoms with Crippen molar-refractivity contribution in [2.75, 3.05) is 13.1 Å². The van der Waals surface area contributed by atoms with Crippen LogP contribution in [0.5, 0.6) is 0 Å². The van der Waals surface area contributed by atoms with Gasteiger partial charge in [0.2, 0.25) is 10.0 Å². The molecule has 0 aliphatic carbocycles. The number of hydrogen-bond donors (Lipinski definition) is 2. The minimum absolute atomic E-state index is 0. The van der Waals surface area contributed by atoms with Gasteiger partial charge in [0.25, 0.3) is 0 Å². The van der Waals surface area contributed by atoms with Gasteiger partial charge in [-0.15, -0.1) is 12.4 Å². The van der Waals surface area contributed by atoms with E-state index < -0.39 is 15.8 Å². The third-order valence-electron chi connectivity index (χ3n) is 3.12. The van der Waals surface area contributed by atoms with Crippen LogP contribution in [0.15, 0.2) is 23.1 Å². The molecule has 114 valence electrons. The lowest BCUT2D eigenvalue weighted by molar-refractivity contribution is 0.398. The highest BCUT2D eigenvalue weighted by Gasteiger charge is 2.20. The predicted molar refractivity (Wildman–Crippen MR) is 79.5 cm³/mol. The Labute approximate surface area is 129 Å². The van der Waals surface area contributed by atoms with E-state index in [2.05, 4.69) is 10.0 Å². The molecule has 1 atom stereocenters. The van der Waals surface area contributed by atoms with Crippen molar-refractivity contribution in [3.8, 4) is 0 Å². The van der Waals surface area contributed by atoms with Gasteiger partial charge in [-0.25, -0.2) is 17.5 Å². The van der Waals surface area contributed by atoms with Crippen LogP contribution in [-0.2, 0) is 10.0 Å². The number of rotatable bonds is 4. The van der Waals surface area contributed by atoms with E-state index in [1.54, 1.807) is 0 Å². The van der Waals surface area contributed by atoms with E-state index in [1.165, 1.54) is 6.07 Å². The monoisotopic (exact) mass is 342 g/mol. The average Bonchev–Trinajstić information content (AvgIpc) is 2.37. The predicted octanol–water partition coefficient (Wildman–Crippen LogP) is 2.32. The molecule has 4 nitrogen and oxygen atoms in total. The van der Waals surface area contributed by atoms with Crippen LogP contribution in [0.25, 0.3) is 0 Å². The number of sulfonamides is 1. The maximum Gasteiger partial charge on any atom is 0.242 e. The fraction of sp³-hybridized carbons (Fsp3) is 0.500. The van der Waals surface area contributed by atoms with Crippen LogP contribution < -0.4 is 10.0 Å². The first-order valence-electron chi connectivity index (χ1n) is 6.17. The van der Waals surface area contributed by atoms with Crippen molar-refractivity contribution in [1.82, 2.24) is 10.0 Å². The lowest BCUT2D eigenvalue weighted by Gasteiger charge is -2.23. The van der Waals surface area contributed by atoms with Crippen LogP contribution in [0.1, 0.15) is 19.3 Å². The van der Waals surface area contributed by atoms with Crippen LogP contribution in [0.4, 0.5) is 4.39 Å². The molecule has 2 N–H and O–H groups in total. The second-order valence-electron chi connectivity index (χ2n) is 4.57. The molecule has 1 unspecified atom stereocenters. The van der Waals surface area contributed by atoms with E-state index in [0.29, 0.717) is 6.54 Å². The summed E-state index contributed by atoms with van der Waals surface area (Å²) >= 11 is 5.76. The molecule has 0 aromatic heterocycles. The van der Waals surface area contributed by atoms with Crippen molar-refractivity contribution < 1.29 is 12.8 Å². The van der Waals surface area contributed by atoms with Crippen LogP contribution >= 0.6 is 24.0 Å². The molecule has 1 saturated heterocycles. The molecule has 1 aromatic carbocycles. The van der Waals surface area contributed by atoms with Crippen molar-refractivity contribution >= 4 is 34.0 Å². The Balaban J connectivity index is 0.00000200. The van der Waals surface area contributed by atoms with Crippen molar-refractivity contribution in [1.29, 1.82) is 0 Å². The summed E-state index contributed by atoms with van der Waals surface area (Å²) in [7, 11) is -3.70. The van der Waals surface area contributed by atoms with Crippen LogP contribution in [0, 0.1) is 5.82 Å². The first-order valence-corrected chi connectivity index (χ1v) is 8.03. The van der Waals surface area contributed by atoms with Gasteiger partial charge < -0.3 is 5.32 Å². The molecule has 0 radical (unpaired) electrons. The van der Waals surface area contributed by atoms with Crippen molar-refractivity contribution in [2.45, 2.75) is 30.2 Å². The van der Waals surface area contributed by atoms with Gasteiger partial charge in [-0.05, 0) is 37.6 Å². The largest absolute Gasteiger partial charge is 0.313 e. The third-order valence-corrected chi connectivity index (χ3v) is 5.02. The van der Waals surface area contributed by atoms with Crippen LogP contribution in [0.3, 0.4) is 0 Å². The quantitative estimate of drug-likeness (QED) is 0.882. The van der Waals surface area contributed by atoms with Gasteiger partial charge in [-0.1, -0.05) is 18.0 Å². The Hall–Kier alpha value is -0.400. The highest BCUT2D eigenvalue weighted by atomic mass is 35.5. The van der Waals surface area contributed by atoms with Crippen molar-refractivity contribution in [2.24, 2.45) is 0 Å². The molecule has 0 bridgehead atoms. The molecule has 1 aliphatic rings. The topological polar surface area (TPSA) is 58.2 Å². The van der Waals surface area contributed by atoms with Crippen LogP contribution in [0.2, 0.25) is 5.02 Å². The average molecular weight is 343 g/mol. The van der Waals surface area contributed by atoms with E-state index in [1.807, 2.05) is 0 Å². The molecule has 1 heterocycles. The fourth-order valence-electron chi connectivity index (χ4n) is 2.08. The second-order valence-corrected chi connectivity index (χ2v) is 6.72. The minimum atomic E-state index is -3.70. The Morgan fingerprint density at radius 2 is 2.15 bits per heavy atom. The SMILES string of the molecule is Cl.O=S(=O)(NCC1CCCCN1)c1ccc(F)cc1Cl. The first-order chi connectivity index (χ1) is 8.99. The summed E-state index contributed by atoms with van der Waals surface area (Å²) < 4.78 is 39.5. The van der Waals surface area contributed by atoms with E-state index in [4.69, 9.17) is 11.6 Å². The maximum atomic E-state index is 12.9. The summed E-state index contributed by atoms with van der Waals surface area (Å²) in [5.41, 5.74) is 0. The highest BCUT2D eigenvalue weighted by Crippen LogP contribution is 2.22. The van der Waals surface area contributed by atoms with Crippen LogP contribution in [-0.4, -0.2) is 27.5 Å². The first kappa shape index (κ1) is 17.7. The lowest BCUT2D eigenvalue weighted by Crippen LogP contribution is -2.43. The smallest absolute Gasteiger partial charge is 0.242 e. The number of halogens is 3. The molecule has 2 rings (SSSR count). The summed E-state index contributed by atoms with van der Waals surface area (Å²) in [5, 5.41) is 3.14. The van der Waals surface area contributed by atoms with Gasteiger partial charge in [0, 0.05) is 12.6 Å². The fourth-order valence-corrected chi connectivity index (χ4v) is 3.69. The summed E-state index contributed by atoms with van der Waals surface area (Å²) in [6, 6.07) is 3.39. The summed E-state index contributed by atoms with van der Waals surface area (Å²) in [6.07, 6.45) is 3.16. The lowest BCUT2D eigenvalue weighted by atomic mass is 10.1. The summed E-state index contributed by atoms with van der Waals surface area (Å²) in [6.45, 7) is 1.22. The van der Waals surface area contributed by atoms with Gasteiger partial charge >= 0.3 is 0 Å². The second kappa shape index (κ2) is 7.56. The standard InChI is InChI=1S/C12H16ClFN2O2S.ClH/c13-11-7-9(14)4-5-12(11)19(17,18)16-8-10-3-1-2-6-15-10;/h4-5,7,10,15-16H,1-3,6,8H2;1H.